The minimum absolute atomic E-state index is 0.610. The van der Waals surface area contributed by atoms with E-state index in [1.54, 1.807) is 0 Å². The van der Waals surface area contributed by atoms with Gasteiger partial charge in [0.25, 0.3) is 0 Å². The molecule has 0 radical (unpaired) electrons. The molecular weight excluding hydrogens is 198 g/mol. The van der Waals surface area contributed by atoms with Crippen molar-refractivity contribution >= 4 is 0 Å². The van der Waals surface area contributed by atoms with Gasteiger partial charge in [-0.1, -0.05) is 13.8 Å². The Hall–Kier alpha value is -0.830. The molecule has 1 atom stereocenters. The Morgan fingerprint density at radius 2 is 2.06 bits per heavy atom. The molecule has 1 aromatic heterocycles. The van der Waals surface area contributed by atoms with Gasteiger partial charge in [0.05, 0.1) is 12.7 Å². The first kappa shape index (κ1) is 13.2. The molecule has 0 saturated heterocycles. The summed E-state index contributed by atoms with van der Waals surface area (Å²) in [5.74, 6) is 0.804. The van der Waals surface area contributed by atoms with Gasteiger partial charge in [0.1, 0.15) is 0 Å². The van der Waals surface area contributed by atoms with Crippen LogP contribution in [0.4, 0.5) is 0 Å². The molecule has 0 bridgehead atoms. The van der Waals surface area contributed by atoms with Crippen molar-refractivity contribution < 1.29 is 0 Å². The van der Waals surface area contributed by atoms with Crippen molar-refractivity contribution in [3.63, 3.8) is 0 Å². The summed E-state index contributed by atoms with van der Waals surface area (Å²) in [6.45, 7) is 10.8. The van der Waals surface area contributed by atoms with E-state index >= 15 is 0 Å². The van der Waals surface area contributed by atoms with E-state index in [-0.39, 0.29) is 0 Å². The Balaban J connectivity index is 2.10. The Morgan fingerprint density at radius 1 is 1.31 bits per heavy atom. The van der Waals surface area contributed by atoms with Crippen molar-refractivity contribution in [3.05, 3.63) is 18.0 Å². The zero-order chi connectivity index (χ0) is 12.0. The summed E-state index contributed by atoms with van der Waals surface area (Å²) in [4.78, 5) is 0. The lowest BCUT2D eigenvalue weighted by molar-refractivity contribution is 0.435. The molecule has 1 rings (SSSR count). The van der Waals surface area contributed by atoms with E-state index in [1.807, 2.05) is 10.9 Å². The second kappa shape index (κ2) is 6.69. The highest BCUT2D eigenvalue weighted by Gasteiger charge is 2.02. The van der Waals surface area contributed by atoms with Crippen LogP contribution in [0, 0.1) is 12.8 Å². The van der Waals surface area contributed by atoms with Crippen molar-refractivity contribution in [2.75, 3.05) is 6.54 Å². The standard InChI is InChI=1S/C13H25N3/c1-11(2)5-6-13(4)14-7-8-16-10-12(3)9-15-16/h9-11,13-14H,5-8H2,1-4H3. The molecule has 0 saturated carbocycles. The average molecular weight is 223 g/mol. The summed E-state index contributed by atoms with van der Waals surface area (Å²) in [5, 5.41) is 7.80. The molecule has 1 heterocycles. The third-order valence-electron chi connectivity index (χ3n) is 2.77. The highest BCUT2D eigenvalue weighted by Crippen LogP contribution is 2.06. The van der Waals surface area contributed by atoms with Crippen molar-refractivity contribution in [1.29, 1.82) is 0 Å². The van der Waals surface area contributed by atoms with Gasteiger partial charge in [-0.15, -0.1) is 0 Å². The third kappa shape index (κ3) is 5.31. The fourth-order valence-electron chi connectivity index (χ4n) is 1.70. The van der Waals surface area contributed by atoms with E-state index in [2.05, 4.69) is 44.3 Å². The van der Waals surface area contributed by atoms with Crippen LogP contribution >= 0.6 is 0 Å². The van der Waals surface area contributed by atoms with Gasteiger partial charge in [-0.05, 0) is 38.2 Å². The minimum Gasteiger partial charge on any atom is -0.312 e. The Kier molecular flexibility index (Phi) is 5.53. The number of aromatic nitrogens is 2. The molecule has 1 N–H and O–H groups in total. The molecule has 0 aromatic carbocycles. The zero-order valence-corrected chi connectivity index (χ0v) is 11.0. The summed E-state index contributed by atoms with van der Waals surface area (Å²) >= 11 is 0. The lowest BCUT2D eigenvalue weighted by atomic mass is 10.0. The van der Waals surface area contributed by atoms with E-state index in [9.17, 15) is 0 Å². The first-order valence-electron chi connectivity index (χ1n) is 6.30. The topological polar surface area (TPSA) is 29.9 Å². The van der Waals surface area contributed by atoms with E-state index in [0.717, 1.165) is 19.0 Å². The predicted molar refractivity (Wildman–Crippen MR) is 68.5 cm³/mol. The maximum atomic E-state index is 4.26. The van der Waals surface area contributed by atoms with Crippen LogP contribution in [-0.2, 0) is 6.54 Å². The Bertz CT molecular complexity index is 291. The molecule has 1 unspecified atom stereocenters. The lowest BCUT2D eigenvalue weighted by Crippen LogP contribution is -2.29. The zero-order valence-electron chi connectivity index (χ0n) is 11.0. The molecule has 0 fully saturated rings. The fraction of sp³-hybridized carbons (Fsp3) is 0.769. The average Bonchev–Trinajstić information content (AvgIpc) is 2.61. The highest BCUT2D eigenvalue weighted by atomic mass is 15.3. The normalized spacial score (nSPS) is 13.3. The second-order valence-electron chi connectivity index (χ2n) is 5.11. The van der Waals surface area contributed by atoms with Crippen LogP contribution in [0.2, 0.25) is 0 Å². The quantitative estimate of drug-likeness (QED) is 0.770. The largest absolute Gasteiger partial charge is 0.312 e. The van der Waals surface area contributed by atoms with Crippen LogP contribution < -0.4 is 5.32 Å². The van der Waals surface area contributed by atoms with Crippen LogP contribution in [0.15, 0.2) is 12.4 Å². The first-order chi connectivity index (χ1) is 7.58. The van der Waals surface area contributed by atoms with Crippen LogP contribution in [0.3, 0.4) is 0 Å². The van der Waals surface area contributed by atoms with Crippen LogP contribution in [0.25, 0.3) is 0 Å². The lowest BCUT2D eigenvalue weighted by Gasteiger charge is -2.14. The maximum absolute atomic E-state index is 4.26. The monoisotopic (exact) mass is 223 g/mol. The number of hydrogen-bond acceptors (Lipinski definition) is 2. The predicted octanol–water partition coefficient (Wildman–Crippen LogP) is 2.61. The van der Waals surface area contributed by atoms with Crippen molar-refractivity contribution in [3.8, 4) is 0 Å². The molecule has 3 nitrogen and oxygen atoms in total. The van der Waals surface area contributed by atoms with Gasteiger partial charge in [0.2, 0.25) is 0 Å². The molecule has 3 heteroatoms. The first-order valence-corrected chi connectivity index (χ1v) is 6.30. The molecule has 0 aliphatic heterocycles. The van der Waals surface area contributed by atoms with E-state index in [1.165, 1.54) is 18.4 Å². The molecule has 0 spiro atoms. The van der Waals surface area contributed by atoms with Gasteiger partial charge in [0, 0.05) is 18.8 Å². The number of hydrogen-bond donors (Lipinski definition) is 1. The number of nitrogens with zero attached hydrogens (tertiary/aromatic N) is 2. The summed E-state index contributed by atoms with van der Waals surface area (Å²) in [6.07, 6.45) is 6.55. The summed E-state index contributed by atoms with van der Waals surface area (Å²) in [5.41, 5.74) is 1.23. The summed E-state index contributed by atoms with van der Waals surface area (Å²) in [7, 11) is 0. The number of nitrogens with one attached hydrogen (secondary N) is 1. The second-order valence-corrected chi connectivity index (χ2v) is 5.11. The van der Waals surface area contributed by atoms with Crippen LogP contribution in [0.5, 0.6) is 0 Å². The number of rotatable bonds is 7. The van der Waals surface area contributed by atoms with Gasteiger partial charge in [-0.25, -0.2) is 0 Å². The van der Waals surface area contributed by atoms with Crippen molar-refractivity contribution in [2.45, 2.75) is 53.1 Å². The molecular formula is C13H25N3. The summed E-state index contributed by atoms with van der Waals surface area (Å²) < 4.78 is 2.00. The molecule has 16 heavy (non-hydrogen) atoms. The SMILES string of the molecule is Cc1cnn(CCNC(C)CCC(C)C)c1. The molecule has 92 valence electrons. The summed E-state index contributed by atoms with van der Waals surface area (Å²) in [6, 6.07) is 0.610. The maximum Gasteiger partial charge on any atom is 0.0534 e. The van der Waals surface area contributed by atoms with Gasteiger partial charge in [-0.3, -0.25) is 4.68 Å². The Morgan fingerprint density at radius 3 is 2.62 bits per heavy atom. The van der Waals surface area contributed by atoms with E-state index in [4.69, 9.17) is 0 Å². The molecule has 1 aromatic rings. The van der Waals surface area contributed by atoms with Crippen molar-refractivity contribution in [1.82, 2.24) is 15.1 Å². The van der Waals surface area contributed by atoms with Gasteiger partial charge >= 0.3 is 0 Å². The highest BCUT2D eigenvalue weighted by molar-refractivity contribution is 4.99. The van der Waals surface area contributed by atoms with Crippen LogP contribution in [0.1, 0.15) is 39.2 Å². The van der Waals surface area contributed by atoms with Gasteiger partial charge in [-0.2, -0.15) is 5.10 Å². The fourth-order valence-corrected chi connectivity index (χ4v) is 1.70. The van der Waals surface area contributed by atoms with Crippen LogP contribution in [-0.4, -0.2) is 22.4 Å². The van der Waals surface area contributed by atoms with Gasteiger partial charge < -0.3 is 5.32 Å². The Labute approximate surface area is 99.2 Å². The minimum atomic E-state index is 0.610. The molecule has 0 aliphatic carbocycles. The molecule has 0 aliphatic rings. The number of aryl methyl sites for hydroxylation is 1. The van der Waals surface area contributed by atoms with E-state index in [0.29, 0.717) is 6.04 Å². The third-order valence-corrected chi connectivity index (χ3v) is 2.77. The smallest absolute Gasteiger partial charge is 0.0534 e. The van der Waals surface area contributed by atoms with Crippen molar-refractivity contribution in [2.24, 2.45) is 5.92 Å². The van der Waals surface area contributed by atoms with E-state index < -0.39 is 0 Å². The molecule has 0 amide bonds. The van der Waals surface area contributed by atoms with Gasteiger partial charge in [0.15, 0.2) is 0 Å².